The molecule has 0 radical (unpaired) electrons. The lowest BCUT2D eigenvalue weighted by Crippen LogP contribution is -2.57. The van der Waals surface area contributed by atoms with Gasteiger partial charge in [0.15, 0.2) is 0 Å². The molecular weight excluding hydrogens is 256 g/mol. The van der Waals surface area contributed by atoms with Crippen LogP contribution in [0.3, 0.4) is 0 Å². The number of hydrogen-bond acceptors (Lipinski definition) is 3. The number of hydrogen-bond donors (Lipinski definition) is 3. The topological polar surface area (TPSA) is 78.4 Å². The zero-order valence-corrected chi connectivity index (χ0v) is 12.9. The molecule has 1 aliphatic heterocycles. The van der Waals surface area contributed by atoms with Gasteiger partial charge < -0.3 is 15.7 Å². The predicted octanol–water partition coefficient (Wildman–Crippen LogP) is 1.77. The van der Waals surface area contributed by atoms with E-state index in [-0.39, 0.29) is 18.2 Å². The van der Waals surface area contributed by atoms with E-state index in [4.69, 9.17) is 5.11 Å². The Labute approximate surface area is 121 Å². The third kappa shape index (κ3) is 5.49. The first-order valence-electron chi connectivity index (χ1n) is 7.58. The summed E-state index contributed by atoms with van der Waals surface area (Å²) in [6.45, 7) is 7.38. The predicted molar refractivity (Wildman–Crippen MR) is 78.5 cm³/mol. The summed E-state index contributed by atoms with van der Waals surface area (Å²) < 4.78 is 0. The molecule has 2 atom stereocenters. The van der Waals surface area contributed by atoms with Gasteiger partial charge in [-0.15, -0.1) is 0 Å². The number of carboxylic acids is 1. The van der Waals surface area contributed by atoms with Crippen molar-refractivity contribution in [3.63, 3.8) is 0 Å². The summed E-state index contributed by atoms with van der Waals surface area (Å²) in [6, 6.07) is 0. The van der Waals surface area contributed by atoms with Gasteiger partial charge in [-0.05, 0) is 51.0 Å². The van der Waals surface area contributed by atoms with Crippen molar-refractivity contribution in [2.24, 2.45) is 11.8 Å². The van der Waals surface area contributed by atoms with Crippen molar-refractivity contribution in [3.05, 3.63) is 0 Å². The van der Waals surface area contributed by atoms with E-state index >= 15 is 0 Å². The van der Waals surface area contributed by atoms with Gasteiger partial charge in [-0.1, -0.05) is 13.8 Å². The number of nitrogens with one attached hydrogen (secondary N) is 2. The molecule has 116 valence electrons. The molecule has 1 rings (SSSR count). The summed E-state index contributed by atoms with van der Waals surface area (Å²) in [4.78, 5) is 23.2. The molecule has 1 fully saturated rings. The first kappa shape index (κ1) is 17.0. The second-order valence-electron chi connectivity index (χ2n) is 6.52. The molecule has 3 N–H and O–H groups in total. The summed E-state index contributed by atoms with van der Waals surface area (Å²) in [5, 5.41) is 15.1. The molecule has 0 aromatic rings. The van der Waals surface area contributed by atoms with Crippen LogP contribution in [0.4, 0.5) is 0 Å². The lowest BCUT2D eigenvalue weighted by molar-refractivity contribution is -0.138. The lowest BCUT2D eigenvalue weighted by atomic mass is 9.89. The highest BCUT2D eigenvalue weighted by Gasteiger charge is 2.34. The summed E-state index contributed by atoms with van der Waals surface area (Å²) in [6.07, 6.45) is 3.94. The molecule has 0 saturated carbocycles. The van der Waals surface area contributed by atoms with E-state index in [1.165, 1.54) is 0 Å². The molecule has 0 spiro atoms. The third-order valence-corrected chi connectivity index (χ3v) is 3.94. The zero-order valence-electron chi connectivity index (χ0n) is 12.9. The van der Waals surface area contributed by atoms with Crippen LogP contribution < -0.4 is 10.6 Å². The Kier molecular flexibility index (Phi) is 6.46. The first-order chi connectivity index (χ1) is 9.33. The highest BCUT2D eigenvalue weighted by molar-refractivity contribution is 5.86. The Morgan fingerprint density at radius 3 is 2.55 bits per heavy atom. The fourth-order valence-electron chi connectivity index (χ4n) is 2.83. The summed E-state index contributed by atoms with van der Waals surface area (Å²) in [5.74, 6) is -0.369. The molecular formula is C15H28N2O3. The highest BCUT2D eigenvalue weighted by Crippen LogP contribution is 2.20. The van der Waals surface area contributed by atoms with Gasteiger partial charge in [-0.2, -0.15) is 0 Å². The lowest BCUT2D eigenvalue weighted by Gasteiger charge is -2.34. The SMILES string of the molecule is CC(C)CC(CNC(=O)C1(C)CCCCN1)CC(=O)O. The molecule has 5 nitrogen and oxygen atoms in total. The van der Waals surface area contributed by atoms with Crippen LogP contribution in [0.2, 0.25) is 0 Å². The van der Waals surface area contributed by atoms with Crippen LogP contribution in [-0.2, 0) is 9.59 Å². The molecule has 20 heavy (non-hydrogen) atoms. The average Bonchev–Trinajstić information content (AvgIpc) is 2.35. The third-order valence-electron chi connectivity index (χ3n) is 3.94. The van der Waals surface area contributed by atoms with E-state index in [9.17, 15) is 9.59 Å². The summed E-state index contributed by atoms with van der Waals surface area (Å²) >= 11 is 0. The van der Waals surface area contributed by atoms with E-state index in [1.54, 1.807) is 0 Å². The minimum atomic E-state index is -0.799. The van der Waals surface area contributed by atoms with Crippen molar-refractivity contribution in [1.82, 2.24) is 10.6 Å². The number of carbonyl (C=O) groups is 2. The van der Waals surface area contributed by atoms with Crippen LogP contribution in [0.15, 0.2) is 0 Å². The normalized spacial score (nSPS) is 24.4. The van der Waals surface area contributed by atoms with E-state index < -0.39 is 11.5 Å². The molecule has 0 aliphatic carbocycles. The summed E-state index contributed by atoms with van der Waals surface area (Å²) in [7, 11) is 0. The van der Waals surface area contributed by atoms with Gasteiger partial charge in [-0.25, -0.2) is 0 Å². The second-order valence-corrected chi connectivity index (χ2v) is 6.52. The van der Waals surface area contributed by atoms with Gasteiger partial charge in [0.1, 0.15) is 0 Å². The van der Waals surface area contributed by atoms with Crippen molar-refractivity contribution >= 4 is 11.9 Å². The van der Waals surface area contributed by atoms with Gasteiger partial charge in [0.2, 0.25) is 5.91 Å². The molecule has 0 aromatic heterocycles. The molecule has 2 unspecified atom stereocenters. The fourth-order valence-corrected chi connectivity index (χ4v) is 2.83. The molecule has 0 bridgehead atoms. The standard InChI is InChI=1S/C15H28N2O3/c1-11(2)8-12(9-13(18)19)10-16-14(20)15(3)6-4-5-7-17-15/h11-12,17H,4-10H2,1-3H3,(H,16,20)(H,18,19). The Bertz CT molecular complexity index is 336. The zero-order chi connectivity index (χ0) is 15.2. The van der Waals surface area contributed by atoms with Crippen LogP contribution in [0.25, 0.3) is 0 Å². The number of carbonyl (C=O) groups excluding carboxylic acids is 1. The van der Waals surface area contributed by atoms with Crippen LogP contribution in [-0.4, -0.2) is 35.6 Å². The van der Waals surface area contributed by atoms with Crippen LogP contribution in [0, 0.1) is 11.8 Å². The second kappa shape index (κ2) is 7.62. The van der Waals surface area contributed by atoms with E-state index in [1.807, 2.05) is 6.92 Å². The van der Waals surface area contributed by atoms with Crippen LogP contribution >= 0.6 is 0 Å². The number of piperidine rings is 1. The molecule has 1 heterocycles. The Hall–Kier alpha value is -1.10. The number of amides is 1. The Morgan fingerprint density at radius 1 is 1.35 bits per heavy atom. The quantitative estimate of drug-likeness (QED) is 0.666. The van der Waals surface area contributed by atoms with Gasteiger partial charge in [0, 0.05) is 13.0 Å². The maximum absolute atomic E-state index is 12.3. The maximum Gasteiger partial charge on any atom is 0.303 e. The molecule has 1 saturated heterocycles. The summed E-state index contributed by atoms with van der Waals surface area (Å²) in [5.41, 5.74) is -0.496. The monoisotopic (exact) mass is 284 g/mol. The van der Waals surface area contributed by atoms with E-state index in [0.29, 0.717) is 12.5 Å². The van der Waals surface area contributed by atoms with Crippen molar-refractivity contribution < 1.29 is 14.7 Å². The van der Waals surface area contributed by atoms with Gasteiger partial charge in [-0.3, -0.25) is 9.59 Å². The molecule has 0 aromatic carbocycles. The Morgan fingerprint density at radius 2 is 2.05 bits per heavy atom. The van der Waals surface area contributed by atoms with Gasteiger partial charge in [0.25, 0.3) is 0 Å². The molecule has 5 heteroatoms. The fraction of sp³-hybridized carbons (Fsp3) is 0.867. The van der Waals surface area contributed by atoms with Crippen LogP contribution in [0.5, 0.6) is 0 Å². The molecule has 1 aliphatic rings. The number of rotatable bonds is 7. The first-order valence-corrected chi connectivity index (χ1v) is 7.58. The Balaban J connectivity index is 2.48. The van der Waals surface area contributed by atoms with Crippen LogP contribution in [0.1, 0.15) is 52.9 Å². The minimum absolute atomic E-state index is 0.00337. The largest absolute Gasteiger partial charge is 0.481 e. The van der Waals surface area contributed by atoms with E-state index in [2.05, 4.69) is 24.5 Å². The van der Waals surface area contributed by atoms with E-state index in [0.717, 1.165) is 32.2 Å². The van der Waals surface area contributed by atoms with Gasteiger partial charge in [0.05, 0.1) is 5.54 Å². The average molecular weight is 284 g/mol. The van der Waals surface area contributed by atoms with Crippen molar-refractivity contribution in [2.45, 2.75) is 58.4 Å². The number of carboxylic acid groups (broad SMARTS) is 1. The van der Waals surface area contributed by atoms with Crippen molar-refractivity contribution in [2.75, 3.05) is 13.1 Å². The smallest absolute Gasteiger partial charge is 0.303 e. The van der Waals surface area contributed by atoms with Crippen molar-refractivity contribution in [3.8, 4) is 0 Å². The maximum atomic E-state index is 12.3. The number of aliphatic carboxylic acids is 1. The van der Waals surface area contributed by atoms with Gasteiger partial charge >= 0.3 is 5.97 Å². The molecule has 1 amide bonds. The highest BCUT2D eigenvalue weighted by atomic mass is 16.4. The van der Waals surface area contributed by atoms with Crippen molar-refractivity contribution in [1.29, 1.82) is 0 Å². The minimum Gasteiger partial charge on any atom is -0.481 e.